The van der Waals surface area contributed by atoms with Crippen molar-refractivity contribution in [1.82, 2.24) is 9.88 Å². The van der Waals surface area contributed by atoms with Crippen molar-refractivity contribution in [2.24, 2.45) is 0 Å². The maximum atomic E-state index is 12.3. The number of nitrogens with zero attached hydrogens (tertiary/aromatic N) is 1. The van der Waals surface area contributed by atoms with Crippen LogP contribution in [0.25, 0.3) is 22.2 Å². The number of halogens is 1. The molecule has 3 rings (SSSR count). The molecule has 124 valence electrons. The van der Waals surface area contributed by atoms with Crippen molar-refractivity contribution in [2.75, 3.05) is 0 Å². The average molecular weight is 343 g/mol. The maximum absolute atomic E-state index is 12.3. The molecule has 0 saturated carbocycles. The summed E-state index contributed by atoms with van der Waals surface area (Å²) >= 11 is 6.12. The monoisotopic (exact) mass is 342 g/mol. The molecule has 0 aliphatic carbocycles. The van der Waals surface area contributed by atoms with Gasteiger partial charge in [-0.3, -0.25) is 4.79 Å². The molecule has 0 saturated heterocycles. The Morgan fingerprint density at radius 2 is 2.00 bits per heavy atom. The summed E-state index contributed by atoms with van der Waals surface area (Å²) in [6.07, 6.45) is 0. The first-order valence-corrected chi connectivity index (χ1v) is 8.19. The van der Waals surface area contributed by atoms with E-state index in [4.69, 9.17) is 11.6 Å². The van der Waals surface area contributed by atoms with E-state index in [1.807, 2.05) is 54.8 Å². The zero-order valence-corrected chi connectivity index (χ0v) is 14.3. The van der Waals surface area contributed by atoms with Crippen LogP contribution in [0.5, 0.6) is 5.75 Å². The van der Waals surface area contributed by atoms with E-state index in [1.54, 1.807) is 12.1 Å². The molecular formula is C19H19ClN2O2. The molecule has 0 spiro atoms. The number of carbonyl (C=O) groups is 1. The lowest BCUT2D eigenvalue weighted by Crippen LogP contribution is -2.33. The van der Waals surface area contributed by atoms with Gasteiger partial charge in [-0.05, 0) is 55.8 Å². The Labute approximate surface area is 145 Å². The smallest absolute Gasteiger partial charge is 0.240 e. The molecule has 2 aromatic carbocycles. The summed E-state index contributed by atoms with van der Waals surface area (Å²) in [5, 5.41) is 14.2. The van der Waals surface area contributed by atoms with Gasteiger partial charge in [0.1, 0.15) is 12.3 Å². The van der Waals surface area contributed by atoms with Crippen LogP contribution in [-0.4, -0.2) is 21.6 Å². The Balaban J connectivity index is 2.13. The minimum atomic E-state index is -0.0566. The van der Waals surface area contributed by atoms with Crippen molar-refractivity contribution in [3.05, 3.63) is 53.6 Å². The van der Waals surface area contributed by atoms with Gasteiger partial charge in [-0.25, -0.2) is 0 Å². The van der Waals surface area contributed by atoms with Gasteiger partial charge < -0.3 is 15.0 Å². The van der Waals surface area contributed by atoms with Crippen LogP contribution in [-0.2, 0) is 11.3 Å². The zero-order valence-electron chi connectivity index (χ0n) is 13.6. The Morgan fingerprint density at radius 3 is 2.71 bits per heavy atom. The molecule has 0 aliphatic heterocycles. The lowest BCUT2D eigenvalue weighted by molar-refractivity contribution is -0.122. The summed E-state index contributed by atoms with van der Waals surface area (Å²) in [4.78, 5) is 12.3. The fourth-order valence-electron chi connectivity index (χ4n) is 2.83. The number of aromatic hydroxyl groups is 1. The fraction of sp³-hybridized carbons (Fsp3) is 0.211. The van der Waals surface area contributed by atoms with Gasteiger partial charge in [0.2, 0.25) is 5.91 Å². The van der Waals surface area contributed by atoms with Gasteiger partial charge in [0.25, 0.3) is 0 Å². The van der Waals surface area contributed by atoms with Crippen molar-refractivity contribution in [2.45, 2.75) is 26.4 Å². The van der Waals surface area contributed by atoms with Crippen LogP contribution in [0.1, 0.15) is 13.8 Å². The fourth-order valence-corrected chi connectivity index (χ4v) is 3.02. The lowest BCUT2D eigenvalue weighted by atomic mass is 10.1. The molecule has 3 aromatic rings. The molecule has 1 heterocycles. The molecule has 0 atom stereocenters. The number of rotatable bonds is 4. The van der Waals surface area contributed by atoms with Crippen LogP contribution in [0.2, 0.25) is 5.02 Å². The number of nitrogens with one attached hydrogen (secondary N) is 1. The first-order valence-electron chi connectivity index (χ1n) is 7.81. The Kier molecular flexibility index (Phi) is 4.49. The quantitative estimate of drug-likeness (QED) is 0.747. The summed E-state index contributed by atoms with van der Waals surface area (Å²) in [7, 11) is 0. The maximum Gasteiger partial charge on any atom is 0.240 e. The number of benzene rings is 2. The predicted octanol–water partition coefficient (Wildman–Crippen LogP) is 4.19. The molecular weight excluding hydrogens is 324 g/mol. The van der Waals surface area contributed by atoms with Gasteiger partial charge in [-0.15, -0.1) is 0 Å². The molecule has 2 N–H and O–H groups in total. The van der Waals surface area contributed by atoms with E-state index in [0.717, 1.165) is 22.2 Å². The Morgan fingerprint density at radius 1 is 1.21 bits per heavy atom. The molecule has 0 bridgehead atoms. The van der Waals surface area contributed by atoms with E-state index in [1.165, 1.54) is 0 Å². The number of amides is 1. The topological polar surface area (TPSA) is 54.3 Å². The largest absolute Gasteiger partial charge is 0.508 e. The minimum absolute atomic E-state index is 0.0566. The van der Waals surface area contributed by atoms with E-state index in [0.29, 0.717) is 5.02 Å². The molecule has 0 unspecified atom stereocenters. The molecule has 0 fully saturated rings. The van der Waals surface area contributed by atoms with Gasteiger partial charge in [0, 0.05) is 27.7 Å². The van der Waals surface area contributed by atoms with E-state index >= 15 is 0 Å². The molecule has 0 radical (unpaired) electrons. The second-order valence-corrected chi connectivity index (χ2v) is 6.53. The van der Waals surface area contributed by atoms with Crippen molar-refractivity contribution >= 4 is 28.4 Å². The van der Waals surface area contributed by atoms with Crippen LogP contribution < -0.4 is 5.32 Å². The SMILES string of the molecule is CC(C)NC(=O)Cn1c(-c2cccc(Cl)c2)cc2cc(O)ccc21. The number of phenolic OH excluding ortho intramolecular Hbond substituents is 1. The number of fused-ring (bicyclic) bond motifs is 1. The van der Waals surface area contributed by atoms with Crippen molar-refractivity contribution in [3.63, 3.8) is 0 Å². The highest BCUT2D eigenvalue weighted by Crippen LogP contribution is 2.31. The van der Waals surface area contributed by atoms with Crippen LogP contribution in [0.4, 0.5) is 0 Å². The third kappa shape index (κ3) is 3.39. The van der Waals surface area contributed by atoms with Gasteiger partial charge in [-0.2, -0.15) is 0 Å². The number of phenols is 1. The van der Waals surface area contributed by atoms with E-state index in [-0.39, 0.29) is 24.2 Å². The van der Waals surface area contributed by atoms with Crippen molar-refractivity contribution in [1.29, 1.82) is 0 Å². The summed E-state index contributed by atoms with van der Waals surface area (Å²) in [5.74, 6) is 0.141. The first-order chi connectivity index (χ1) is 11.4. The second-order valence-electron chi connectivity index (χ2n) is 6.09. The molecule has 5 heteroatoms. The molecule has 1 aromatic heterocycles. The minimum Gasteiger partial charge on any atom is -0.508 e. The molecule has 1 amide bonds. The van der Waals surface area contributed by atoms with E-state index in [2.05, 4.69) is 5.32 Å². The van der Waals surface area contributed by atoms with Crippen LogP contribution in [0.15, 0.2) is 48.5 Å². The van der Waals surface area contributed by atoms with Gasteiger partial charge >= 0.3 is 0 Å². The summed E-state index contributed by atoms with van der Waals surface area (Å²) in [6, 6.07) is 14.7. The highest BCUT2D eigenvalue weighted by Gasteiger charge is 2.15. The van der Waals surface area contributed by atoms with Gasteiger partial charge in [-0.1, -0.05) is 23.7 Å². The highest BCUT2D eigenvalue weighted by molar-refractivity contribution is 6.30. The molecule has 24 heavy (non-hydrogen) atoms. The first kappa shape index (κ1) is 16.4. The summed E-state index contributed by atoms with van der Waals surface area (Å²) in [6.45, 7) is 4.07. The number of carbonyl (C=O) groups excluding carboxylic acids is 1. The van der Waals surface area contributed by atoms with E-state index < -0.39 is 0 Å². The van der Waals surface area contributed by atoms with Crippen molar-refractivity contribution < 1.29 is 9.90 Å². The summed E-state index contributed by atoms with van der Waals surface area (Å²) < 4.78 is 1.94. The third-order valence-electron chi connectivity index (χ3n) is 3.76. The zero-order chi connectivity index (χ0) is 17.3. The Hall–Kier alpha value is -2.46. The molecule has 4 nitrogen and oxygen atoms in total. The van der Waals surface area contributed by atoms with Crippen LogP contribution in [0.3, 0.4) is 0 Å². The van der Waals surface area contributed by atoms with Crippen molar-refractivity contribution in [3.8, 4) is 17.0 Å². The highest BCUT2D eigenvalue weighted by atomic mass is 35.5. The van der Waals surface area contributed by atoms with Crippen LogP contribution in [0, 0.1) is 0 Å². The predicted molar refractivity (Wildman–Crippen MR) is 97.3 cm³/mol. The normalized spacial score (nSPS) is 11.2. The van der Waals surface area contributed by atoms with Gasteiger partial charge in [0.05, 0.1) is 0 Å². The number of hydrogen-bond donors (Lipinski definition) is 2. The average Bonchev–Trinajstić information content (AvgIpc) is 2.84. The number of aromatic nitrogens is 1. The van der Waals surface area contributed by atoms with Crippen LogP contribution >= 0.6 is 11.6 Å². The third-order valence-corrected chi connectivity index (χ3v) is 3.99. The summed E-state index contributed by atoms with van der Waals surface area (Å²) in [5.41, 5.74) is 2.70. The molecule has 0 aliphatic rings. The van der Waals surface area contributed by atoms with Gasteiger partial charge in [0.15, 0.2) is 0 Å². The Bertz CT molecular complexity index is 900. The standard InChI is InChI=1S/C19H19ClN2O2/c1-12(2)21-19(24)11-22-17-7-6-16(23)9-14(17)10-18(22)13-4-3-5-15(20)8-13/h3-10,12,23H,11H2,1-2H3,(H,21,24). The second kappa shape index (κ2) is 6.57. The van der Waals surface area contributed by atoms with E-state index in [9.17, 15) is 9.90 Å². The lowest BCUT2D eigenvalue weighted by Gasteiger charge is -2.13. The number of hydrogen-bond acceptors (Lipinski definition) is 2.